The summed E-state index contributed by atoms with van der Waals surface area (Å²) in [5.41, 5.74) is 2.74. The molecule has 0 saturated carbocycles. The molecule has 180 valence electrons. The third kappa shape index (κ3) is 4.73. The van der Waals surface area contributed by atoms with Gasteiger partial charge in [0.05, 0.1) is 24.2 Å². The van der Waals surface area contributed by atoms with Crippen molar-refractivity contribution < 1.29 is 9.53 Å². The molecule has 9 heteroatoms. The summed E-state index contributed by atoms with van der Waals surface area (Å²) in [7, 11) is 0. The molecule has 1 fully saturated rings. The number of morpholine rings is 1. The monoisotopic (exact) mass is 472 g/mol. The molecule has 35 heavy (non-hydrogen) atoms. The van der Waals surface area contributed by atoms with E-state index in [1.807, 2.05) is 43.3 Å². The van der Waals surface area contributed by atoms with Crippen LogP contribution < -0.4 is 16.4 Å². The number of ether oxygens (including phenoxy) is 1. The van der Waals surface area contributed by atoms with Crippen molar-refractivity contribution in [1.82, 2.24) is 24.2 Å². The van der Waals surface area contributed by atoms with Crippen molar-refractivity contribution >= 4 is 22.6 Å². The van der Waals surface area contributed by atoms with E-state index in [4.69, 9.17) is 15.1 Å². The van der Waals surface area contributed by atoms with Crippen molar-refractivity contribution in [3.8, 4) is 0 Å². The highest BCUT2D eigenvalue weighted by atomic mass is 16.5. The van der Waals surface area contributed by atoms with Gasteiger partial charge in [0.2, 0.25) is 0 Å². The van der Waals surface area contributed by atoms with Gasteiger partial charge in [0.25, 0.3) is 11.5 Å². The van der Waals surface area contributed by atoms with E-state index >= 15 is 0 Å². The summed E-state index contributed by atoms with van der Waals surface area (Å²) >= 11 is 0. The zero-order chi connectivity index (χ0) is 24.4. The molecule has 4 heterocycles. The minimum Gasteiger partial charge on any atom is -0.379 e. The molecule has 1 saturated heterocycles. The number of carbonyl (C=O) groups excluding carboxylic acids is 1. The molecule has 1 amide bonds. The van der Waals surface area contributed by atoms with Crippen LogP contribution in [-0.4, -0.2) is 57.6 Å². The number of aryl methyl sites for hydroxylation is 1. The van der Waals surface area contributed by atoms with Gasteiger partial charge in [0, 0.05) is 38.9 Å². The minimum absolute atomic E-state index is 0.0414. The SMILES string of the molecule is Cc1ccc2nc3c(cc(C(=O)NCc4ccccc4)c(=N)n3CCN3CCOCC3)c(=O)n2c1. The number of fused-ring (bicyclic) bond motifs is 2. The lowest BCUT2D eigenvalue weighted by atomic mass is 10.1. The first-order valence-electron chi connectivity index (χ1n) is 11.7. The zero-order valence-electron chi connectivity index (χ0n) is 19.7. The van der Waals surface area contributed by atoms with Crippen LogP contribution in [0.5, 0.6) is 0 Å². The van der Waals surface area contributed by atoms with Crippen LogP contribution in [0.15, 0.2) is 59.5 Å². The first kappa shape index (κ1) is 22.9. The van der Waals surface area contributed by atoms with Crippen molar-refractivity contribution in [3.63, 3.8) is 0 Å². The predicted octanol–water partition coefficient (Wildman–Crippen LogP) is 1.70. The summed E-state index contributed by atoms with van der Waals surface area (Å²) in [6.45, 7) is 6.30. The highest BCUT2D eigenvalue weighted by Crippen LogP contribution is 2.12. The molecule has 0 unspecified atom stereocenters. The van der Waals surface area contributed by atoms with Gasteiger partial charge in [-0.05, 0) is 30.2 Å². The van der Waals surface area contributed by atoms with Crippen LogP contribution >= 0.6 is 0 Å². The van der Waals surface area contributed by atoms with Crippen molar-refractivity contribution in [2.45, 2.75) is 20.0 Å². The Morgan fingerprint density at radius 1 is 1.11 bits per heavy atom. The highest BCUT2D eigenvalue weighted by molar-refractivity contribution is 5.96. The van der Waals surface area contributed by atoms with Crippen molar-refractivity contribution in [3.05, 3.63) is 87.3 Å². The van der Waals surface area contributed by atoms with Gasteiger partial charge in [-0.1, -0.05) is 36.4 Å². The molecule has 0 aliphatic carbocycles. The summed E-state index contributed by atoms with van der Waals surface area (Å²) in [5, 5.41) is 12.1. The van der Waals surface area contributed by atoms with Gasteiger partial charge < -0.3 is 14.6 Å². The van der Waals surface area contributed by atoms with Gasteiger partial charge in [-0.25, -0.2) is 4.98 Å². The van der Waals surface area contributed by atoms with Crippen LogP contribution in [0.4, 0.5) is 0 Å². The highest BCUT2D eigenvalue weighted by Gasteiger charge is 2.19. The molecule has 9 nitrogen and oxygen atoms in total. The van der Waals surface area contributed by atoms with Crippen LogP contribution in [0.1, 0.15) is 21.5 Å². The predicted molar refractivity (Wildman–Crippen MR) is 132 cm³/mol. The second-order valence-corrected chi connectivity index (χ2v) is 8.77. The topological polar surface area (TPSA) is 105 Å². The smallest absolute Gasteiger partial charge is 0.267 e. The lowest BCUT2D eigenvalue weighted by molar-refractivity contribution is 0.0363. The second kappa shape index (κ2) is 9.81. The Balaban J connectivity index is 1.59. The maximum Gasteiger partial charge on any atom is 0.267 e. The van der Waals surface area contributed by atoms with E-state index in [9.17, 15) is 9.59 Å². The molecule has 0 spiro atoms. The second-order valence-electron chi connectivity index (χ2n) is 8.77. The molecular weight excluding hydrogens is 444 g/mol. The average Bonchev–Trinajstić information content (AvgIpc) is 2.88. The fraction of sp³-hybridized carbons (Fsp3) is 0.308. The lowest BCUT2D eigenvalue weighted by Gasteiger charge is -2.27. The van der Waals surface area contributed by atoms with Gasteiger partial charge in [0.1, 0.15) is 16.8 Å². The Morgan fingerprint density at radius 2 is 1.89 bits per heavy atom. The summed E-state index contributed by atoms with van der Waals surface area (Å²) < 4.78 is 8.62. The quantitative estimate of drug-likeness (QED) is 0.416. The lowest BCUT2D eigenvalue weighted by Crippen LogP contribution is -2.41. The number of nitrogens with one attached hydrogen (secondary N) is 2. The van der Waals surface area contributed by atoms with Gasteiger partial charge in [0.15, 0.2) is 0 Å². The number of hydrogen-bond donors (Lipinski definition) is 2. The van der Waals surface area contributed by atoms with E-state index < -0.39 is 5.91 Å². The number of amides is 1. The molecule has 3 aromatic heterocycles. The Labute approximate surface area is 202 Å². The summed E-state index contributed by atoms with van der Waals surface area (Å²) in [5.74, 6) is -0.394. The maximum atomic E-state index is 13.5. The first-order chi connectivity index (χ1) is 17.0. The van der Waals surface area contributed by atoms with Crippen LogP contribution in [0, 0.1) is 12.3 Å². The molecule has 1 aromatic carbocycles. The number of benzene rings is 1. The number of rotatable bonds is 6. The number of nitrogens with zero attached hydrogens (tertiary/aromatic N) is 4. The molecule has 5 rings (SSSR count). The maximum absolute atomic E-state index is 13.5. The van der Waals surface area contributed by atoms with Gasteiger partial charge >= 0.3 is 0 Å². The van der Waals surface area contributed by atoms with Crippen LogP contribution in [0.3, 0.4) is 0 Å². The fourth-order valence-corrected chi connectivity index (χ4v) is 4.37. The molecule has 4 aromatic rings. The Morgan fingerprint density at radius 3 is 2.66 bits per heavy atom. The zero-order valence-corrected chi connectivity index (χ0v) is 19.7. The third-order valence-electron chi connectivity index (χ3n) is 6.34. The minimum atomic E-state index is -0.394. The molecular formula is C26H28N6O3. The molecule has 2 N–H and O–H groups in total. The summed E-state index contributed by atoms with van der Waals surface area (Å²) in [6.07, 6.45) is 1.74. The third-order valence-corrected chi connectivity index (χ3v) is 6.34. The van der Waals surface area contributed by atoms with Crippen LogP contribution in [0.2, 0.25) is 0 Å². The van der Waals surface area contributed by atoms with Gasteiger partial charge in [-0.3, -0.25) is 24.3 Å². The number of hydrogen-bond acceptors (Lipinski definition) is 6. The van der Waals surface area contributed by atoms with E-state index in [1.165, 1.54) is 10.5 Å². The van der Waals surface area contributed by atoms with E-state index in [0.717, 1.165) is 24.2 Å². The van der Waals surface area contributed by atoms with E-state index in [1.54, 1.807) is 16.8 Å². The molecule has 1 aliphatic rings. The van der Waals surface area contributed by atoms with Gasteiger partial charge in [-0.2, -0.15) is 0 Å². The first-order valence-corrected chi connectivity index (χ1v) is 11.7. The van der Waals surface area contributed by atoms with Crippen LogP contribution in [-0.2, 0) is 17.8 Å². The Kier molecular flexibility index (Phi) is 6.43. The number of carbonyl (C=O) groups is 1. The van der Waals surface area contributed by atoms with E-state index in [-0.39, 0.29) is 16.6 Å². The Bertz CT molecular complexity index is 1500. The molecule has 0 radical (unpaired) electrons. The van der Waals surface area contributed by atoms with Gasteiger partial charge in [-0.15, -0.1) is 0 Å². The molecule has 0 atom stereocenters. The number of aromatic nitrogens is 3. The Hall–Kier alpha value is -3.82. The molecule has 1 aliphatic heterocycles. The fourth-order valence-electron chi connectivity index (χ4n) is 4.37. The summed E-state index contributed by atoms with van der Waals surface area (Å²) in [6, 6.07) is 14.8. The normalized spacial score (nSPS) is 14.4. The number of pyridine rings is 2. The van der Waals surface area contributed by atoms with Crippen molar-refractivity contribution in [2.75, 3.05) is 32.8 Å². The summed E-state index contributed by atoms with van der Waals surface area (Å²) in [4.78, 5) is 33.6. The average molecular weight is 473 g/mol. The van der Waals surface area contributed by atoms with E-state index in [0.29, 0.717) is 49.5 Å². The van der Waals surface area contributed by atoms with Crippen molar-refractivity contribution in [2.24, 2.45) is 0 Å². The van der Waals surface area contributed by atoms with Crippen molar-refractivity contribution in [1.29, 1.82) is 5.41 Å². The molecule has 0 bridgehead atoms. The standard InChI is InChI=1S/C26H28N6O3/c1-18-7-8-22-29-24-21(26(34)32(22)17-18)15-20(25(33)28-16-19-5-3-2-4-6-19)23(27)31(24)10-9-30-11-13-35-14-12-30/h2-8,15,17,27H,9-14,16H2,1H3,(H,28,33). The van der Waals surface area contributed by atoms with E-state index in [2.05, 4.69) is 10.2 Å². The largest absolute Gasteiger partial charge is 0.379 e. The van der Waals surface area contributed by atoms with Crippen LogP contribution in [0.25, 0.3) is 16.7 Å².